The minimum absolute atomic E-state index is 0.137. The van der Waals surface area contributed by atoms with Crippen LogP contribution in [0, 0.1) is 12.8 Å². The summed E-state index contributed by atoms with van der Waals surface area (Å²) < 4.78 is 3.63. The maximum Gasteiger partial charge on any atom is 0.268 e. The molecule has 0 atom stereocenters. The Balaban J connectivity index is 1.38. The number of aryl methyl sites for hydroxylation is 2. The molecule has 1 fully saturated rings. The lowest BCUT2D eigenvalue weighted by Gasteiger charge is -2.32. The van der Waals surface area contributed by atoms with E-state index in [1.165, 1.54) is 11.1 Å². The Bertz CT molecular complexity index is 1150. The Morgan fingerprint density at radius 1 is 1.10 bits per heavy atom. The van der Waals surface area contributed by atoms with Crippen molar-refractivity contribution in [3.63, 3.8) is 0 Å². The zero-order valence-electron chi connectivity index (χ0n) is 18.0. The third-order valence-electron chi connectivity index (χ3n) is 6.80. The Morgan fingerprint density at radius 2 is 1.94 bits per heavy atom. The van der Waals surface area contributed by atoms with Crippen molar-refractivity contribution < 1.29 is 4.79 Å². The molecule has 2 aromatic heterocycles. The highest BCUT2D eigenvalue weighted by atomic mass is 16.2. The number of carbonyl (C=O) groups excluding carboxylic acids is 1. The zero-order chi connectivity index (χ0) is 21.4. The van der Waals surface area contributed by atoms with Gasteiger partial charge in [-0.25, -0.2) is 0 Å². The average molecular weight is 417 g/mol. The number of amides is 1. The van der Waals surface area contributed by atoms with Crippen LogP contribution in [0.4, 0.5) is 0 Å². The van der Waals surface area contributed by atoms with E-state index in [1.807, 2.05) is 53.2 Å². The van der Waals surface area contributed by atoms with Crippen LogP contribution in [0.15, 0.2) is 53.7 Å². The molecule has 0 radical (unpaired) electrons. The number of hydrogen-bond acceptors (Lipinski definition) is 3. The van der Waals surface area contributed by atoms with Crippen LogP contribution in [-0.4, -0.2) is 38.2 Å². The number of carbonyl (C=O) groups is 1. The van der Waals surface area contributed by atoms with Crippen LogP contribution in [0.2, 0.25) is 0 Å². The summed E-state index contributed by atoms with van der Waals surface area (Å²) >= 11 is 0. The van der Waals surface area contributed by atoms with Gasteiger partial charge in [0.05, 0.1) is 5.69 Å². The van der Waals surface area contributed by atoms with Gasteiger partial charge in [-0.3, -0.25) is 18.8 Å². The predicted molar refractivity (Wildman–Crippen MR) is 120 cm³/mol. The summed E-state index contributed by atoms with van der Waals surface area (Å²) in [7, 11) is 0. The average Bonchev–Trinajstić information content (AvgIpc) is 3.46. The van der Waals surface area contributed by atoms with E-state index in [4.69, 9.17) is 0 Å². The second-order valence-corrected chi connectivity index (χ2v) is 8.78. The number of hydrogen-bond donors (Lipinski definition) is 0. The quantitative estimate of drug-likeness (QED) is 0.655. The number of piperidine rings is 1. The van der Waals surface area contributed by atoms with Crippen molar-refractivity contribution in [2.24, 2.45) is 5.92 Å². The van der Waals surface area contributed by atoms with Crippen LogP contribution in [0.3, 0.4) is 0 Å². The van der Waals surface area contributed by atoms with E-state index in [1.54, 1.807) is 10.8 Å². The molecule has 5 rings (SSSR count). The van der Waals surface area contributed by atoms with Gasteiger partial charge in [-0.1, -0.05) is 12.1 Å². The largest absolute Gasteiger partial charge is 0.338 e. The van der Waals surface area contributed by atoms with Crippen molar-refractivity contribution in [2.75, 3.05) is 13.1 Å². The molecule has 0 unspecified atom stereocenters. The molecule has 6 nitrogen and oxygen atoms in total. The second-order valence-electron chi connectivity index (χ2n) is 8.78. The second kappa shape index (κ2) is 8.17. The molecule has 160 valence electrons. The number of rotatable bonds is 4. The maximum atomic E-state index is 13.5. The number of aromatic nitrogens is 3. The van der Waals surface area contributed by atoms with Gasteiger partial charge >= 0.3 is 0 Å². The highest BCUT2D eigenvalue weighted by Crippen LogP contribution is 2.27. The summed E-state index contributed by atoms with van der Waals surface area (Å²) in [6.45, 7) is 4.10. The minimum Gasteiger partial charge on any atom is -0.338 e. The van der Waals surface area contributed by atoms with E-state index in [0.29, 0.717) is 24.6 Å². The topological polar surface area (TPSA) is 60.1 Å². The molecule has 2 aliphatic rings. The fourth-order valence-corrected chi connectivity index (χ4v) is 5.05. The molecule has 6 heteroatoms. The van der Waals surface area contributed by atoms with E-state index >= 15 is 0 Å². The van der Waals surface area contributed by atoms with Crippen LogP contribution in [0.25, 0.3) is 5.69 Å². The molecule has 1 aliphatic carbocycles. The Morgan fingerprint density at radius 3 is 2.71 bits per heavy atom. The highest BCUT2D eigenvalue weighted by molar-refractivity contribution is 5.95. The van der Waals surface area contributed by atoms with Crippen molar-refractivity contribution in [3.05, 3.63) is 81.5 Å². The van der Waals surface area contributed by atoms with Gasteiger partial charge in [0, 0.05) is 38.2 Å². The van der Waals surface area contributed by atoms with Gasteiger partial charge in [0.25, 0.3) is 11.5 Å². The molecule has 31 heavy (non-hydrogen) atoms. The SMILES string of the molecule is Cc1ccn(-c2cccc3c2CCC3)c(=O)c1C(=O)N1CCC(Cn2cccn2)CC1. The first-order chi connectivity index (χ1) is 15.1. The van der Waals surface area contributed by atoms with E-state index in [-0.39, 0.29) is 11.5 Å². The lowest BCUT2D eigenvalue weighted by atomic mass is 9.96. The van der Waals surface area contributed by atoms with Crippen LogP contribution in [-0.2, 0) is 19.4 Å². The number of fused-ring (bicyclic) bond motifs is 1. The normalized spacial score (nSPS) is 16.5. The van der Waals surface area contributed by atoms with Gasteiger partial charge in [-0.05, 0) is 79.8 Å². The van der Waals surface area contributed by atoms with E-state index < -0.39 is 0 Å². The van der Waals surface area contributed by atoms with E-state index in [9.17, 15) is 9.59 Å². The third kappa shape index (κ3) is 3.71. The summed E-state index contributed by atoms with van der Waals surface area (Å²) in [5.74, 6) is 0.367. The van der Waals surface area contributed by atoms with E-state index in [0.717, 1.165) is 49.9 Å². The lowest BCUT2D eigenvalue weighted by Crippen LogP contribution is -2.42. The first-order valence-corrected chi connectivity index (χ1v) is 11.2. The molecule has 0 bridgehead atoms. The summed E-state index contributed by atoms with van der Waals surface area (Å²) in [4.78, 5) is 28.7. The molecule has 1 aromatic carbocycles. The van der Waals surface area contributed by atoms with Crippen LogP contribution in [0.1, 0.15) is 46.3 Å². The van der Waals surface area contributed by atoms with Crippen molar-refractivity contribution >= 4 is 5.91 Å². The van der Waals surface area contributed by atoms with Gasteiger partial charge in [0.2, 0.25) is 0 Å². The predicted octanol–water partition coefficient (Wildman–Crippen LogP) is 3.38. The van der Waals surface area contributed by atoms with Crippen molar-refractivity contribution in [1.82, 2.24) is 19.2 Å². The van der Waals surface area contributed by atoms with Crippen molar-refractivity contribution in [2.45, 2.75) is 45.6 Å². The minimum atomic E-state index is -0.205. The van der Waals surface area contributed by atoms with Gasteiger partial charge < -0.3 is 4.90 Å². The standard InChI is InChI=1S/C25H28N4O2/c1-18-9-16-29(22-8-3-6-20-5-2-7-21(20)22)25(31)23(18)24(30)27-14-10-19(11-15-27)17-28-13-4-12-26-28/h3-4,6,8-9,12-13,16,19H,2,5,7,10-11,14-15,17H2,1H3. The molecule has 0 saturated carbocycles. The first-order valence-electron chi connectivity index (χ1n) is 11.2. The van der Waals surface area contributed by atoms with Crippen LogP contribution >= 0.6 is 0 Å². The number of nitrogens with zero attached hydrogens (tertiary/aromatic N) is 4. The Kier molecular flexibility index (Phi) is 5.22. The summed E-state index contributed by atoms with van der Waals surface area (Å²) in [5.41, 5.74) is 4.33. The van der Waals surface area contributed by atoms with Gasteiger partial charge in [-0.2, -0.15) is 5.10 Å². The number of benzene rings is 1. The third-order valence-corrected chi connectivity index (χ3v) is 6.80. The molecule has 1 aliphatic heterocycles. The summed E-state index contributed by atoms with van der Waals surface area (Å²) in [6, 6.07) is 9.98. The monoisotopic (exact) mass is 416 g/mol. The molecule has 1 amide bonds. The Labute approximate surface area is 182 Å². The summed E-state index contributed by atoms with van der Waals surface area (Å²) in [6.07, 6.45) is 10.6. The number of pyridine rings is 1. The van der Waals surface area contributed by atoms with Crippen molar-refractivity contribution in [1.29, 1.82) is 0 Å². The molecule has 3 aromatic rings. The summed E-state index contributed by atoms with van der Waals surface area (Å²) in [5, 5.41) is 4.29. The molecule has 1 saturated heterocycles. The molecule has 3 heterocycles. The van der Waals surface area contributed by atoms with Gasteiger partial charge in [0.15, 0.2) is 0 Å². The first kappa shape index (κ1) is 19.8. The van der Waals surface area contributed by atoms with Crippen molar-refractivity contribution in [3.8, 4) is 5.69 Å². The molecular weight excluding hydrogens is 388 g/mol. The van der Waals surface area contributed by atoms with Gasteiger partial charge in [-0.15, -0.1) is 0 Å². The Hall–Kier alpha value is -3.15. The molecule has 0 spiro atoms. The fourth-order valence-electron chi connectivity index (χ4n) is 5.05. The zero-order valence-corrected chi connectivity index (χ0v) is 18.0. The fraction of sp³-hybridized carbons (Fsp3) is 0.400. The smallest absolute Gasteiger partial charge is 0.268 e. The van der Waals surface area contributed by atoms with Crippen LogP contribution < -0.4 is 5.56 Å². The maximum absolute atomic E-state index is 13.5. The molecular formula is C25H28N4O2. The van der Waals surface area contributed by atoms with E-state index in [2.05, 4.69) is 11.2 Å². The lowest BCUT2D eigenvalue weighted by molar-refractivity contribution is 0.0678. The molecule has 0 N–H and O–H groups in total. The number of likely N-dealkylation sites (tertiary alicyclic amines) is 1. The van der Waals surface area contributed by atoms with Gasteiger partial charge in [0.1, 0.15) is 5.56 Å². The van der Waals surface area contributed by atoms with Crippen LogP contribution in [0.5, 0.6) is 0 Å². The highest BCUT2D eigenvalue weighted by Gasteiger charge is 2.27.